The van der Waals surface area contributed by atoms with Crippen LogP contribution in [0.3, 0.4) is 0 Å². The van der Waals surface area contributed by atoms with Crippen LogP contribution in [0.25, 0.3) is 0 Å². The van der Waals surface area contributed by atoms with E-state index >= 15 is 0 Å². The van der Waals surface area contributed by atoms with Gasteiger partial charge in [0.25, 0.3) is 0 Å². The molecule has 2 aliphatic rings. The summed E-state index contributed by atoms with van der Waals surface area (Å²) < 4.78 is 27.4. The summed E-state index contributed by atoms with van der Waals surface area (Å²) in [5.74, 6) is 0.0989. The molecular weight excluding hydrogens is 402 g/mol. The highest BCUT2D eigenvalue weighted by atomic mass is 16.5. The second kappa shape index (κ2) is 8.53. The van der Waals surface area contributed by atoms with E-state index in [2.05, 4.69) is 0 Å². The molecule has 0 radical (unpaired) electrons. The minimum atomic E-state index is -0.778. The van der Waals surface area contributed by atoms with E-state index in [-0.39, 0.29) is 29.3 Å². The van der Waals surface area contributed by atoms with Crippen LogP contribution in [0.1, 0.15) is 45.1 Å². The highest BCUT2D eigenvalue weighted by Crippen LogP contribution is 2.50. The maximum atomic E-state index is 13.3. The lowest BCUT2D eigenvalue weighted by Gasteiger charge is -2.38. The molecule has 2 N–H and O–H groups in total. The smallest absolute Gasteiger partial charge is 0.340 e. The fraction of sp³-hybridized carbons (Fsp3) is 0.478. The molecule has 0 fully saturated rings. The first kappa shape index (κ1) is 22.5. The minimum Gasteiger partial charge on any atom is -0.493 e. The van der Waals surface area contributed by atoms with Gasteiger partial charge in [0.1, 0.15) is 11.3 Å². The highest BCUT2D eigenvalue weighted by molar-refractivity contribution is 6.03. The summed E-state index contributed by atoms with van der Waals surface area (Å²) in [7, 11) is 4.50. The number of carbonyl (C=O) groups is 2. The molecule has 8 nitrogen and oxygen atoms in total. The third-order valence-corrected chi connectivity index (χ3v) is 5.47. The first-order valence-electron chi connectivity index (χ1n) is 10.1. The average Bonchev–Trinajstić information content (AvgIpc) is 2.70. The number of methoxy groups -OCH3 is 3. The summed E-state index contributed by atoms with van der Waals surface area (Å²) in [6.07, 6.45) is 0.845. The van der Waals surface area contributed by atoms with Crippen molar-refractivity contribution in [1.29, 1.82) is 0 Å². The van der Waals surface area contributed by atoms with Crippen molar-refractivity contribution in [1.82, 2.24) is 0 Å². The molecule has 1 heterocycles. The van der Waals surface area contributed by atoms with Gasteiger partial charge in [-0.25, -0.2) is 4.79 Å². The molecule has 1 aromatic carbocycles. The van der Waals surface area contributed by atoms with Crippen molar-refractivity contribution in [3.8, 4) is 17.2 Å². The van der Waals surface area contributed by atoms with Crippen molar-refractivity contribution in [3.63, 3.8) is 0 Å². The summed E-state index contributed by atoms with van der Waals surface area (Å²) in [6, 6.07) is 3.42. The Morgan fingerprint density at radius 2 is 1.74 bits per heavy atom. The van der Waals surface area contributed by atoms with Crippen LogP contribution in [0.4, 0.5) is 0 Å². The van der Waals surface area contributed by atoms with Gasteiger partial charge in [-0.05, 0) is 30.0 Å². The van der Waals surface area contributed by atoms with Crippen LogP contribution in [0.15, 0.2) is 34.9 Å². The fourth-order valence-corrected chi connectivity index (χ4v) is 4.19. The van der Waals surface area contributed by atoms with E-state index < -0.39 is 11.9 Å². The first-order valence-corrected chi connectivity index (χ1v) is 10.1. The lowest BCUT2D eigenvalue weighted by atomic mass is 9.70. The Hall–Kier alpha value is -3.16. The number of allylic oxidation sites excluding steroid dienone is 2. The van der Waals surface area contributed by atoms with Crippen molar-refractivity contribution in [2.75, 3.05) is 27.9 Å². The number of ether oxygens (including phenoxy) is 5. The Balaban J connectivity index is 2.27. The van der Waals surface area contributed by atoms with Crippen LogP contribution >= 0.6 is 0 Å². The topological polar surface area (TPSA) is 106 Å². The number of nitrogens with two attached hydrogens (primary N) is 1. The molecule has 0 spiro atoms. The molecule has 0 aromatic heterocycles. The Bertz CT molecular complexity index is 949. The van der Waals surface area contributed by atoms with E-state index in [4.69, 9.17) is 29.4 Å². The second-order valence-electron chi connectivity index (χ2n) is 8.27. The maximum Gasteiger partial charge on any atom is 0.340 e. The van der Waals surface area contributed by atoms with Crippen molar-refractivity contribution in [2.45, 2.75) is 39.5 Å². The van der Waals surface area contributed by atoms with Gasteiger partial charge in [0.15, 0.2) is 17.3 Å². The van der Waals surface area contributed by atoms with Crippen LogP contribution in [0, 0.1) is 5.41 Å². The number of carbonyl (C=O) groups excluding carboxylic acids is 2. The van der Waals surface area contributed by atoms with Crippen molar-refractivity contribution in [2.24, 2.45) is 11.1 Å². The molecule has 0 bridgehead atoms. The summed E-state index contributed by atoms with van der Waals surface area (Å²) in [5.41, 5.74) is 7.00. The van der Waals surface area contributed by atoms with Crippen molar-refractivity contribution in [3.05, 3.63) is 40.5 Å². The number of rotatable bonds is 6. The third kappa shape index (κ3) is 4.06. The van der Waals surface area contributed by atoms with Crippen LogP contribution in [-0.4, -0.2) is 39.7 Å². The Morgan fingerprint density at radius 1 is 1.13 bits per heavy atom. The summed E-state index contributed by atoms with van der Waals surface area (Å²) in [4.78, 5) is 26.1. The molecule has 0 unspecified atom stereocenters. The molecule has 1 aromatic rings. The summed E-state index contributed by atoms with van der Waals surface area (Å²) >= 11 is 0. The molecule has 1 aliphatic carbocycles. The molecule has 8 heteroatoms. The lowest BCUT2D eigenvalue weighted by molar-refractivity contribution is -0.139. The lowest BCUT2D eigenvalue weighted by Crippen LogP contribution is -2.35. The van der Waals surface area contributed by atoms with Gasteiger partial charge < -0.3 is 29.4 Å². The van der Waals surface area contributed by atoms with Crippen LogP contribution in [0.5, 0.6) is 17.2 Å². The van der Waals surface area contributed by atoms with E-state index in [9.17, 15) is 9.59 Å². The van der Waals surface area contributed by atoms with Gasteiger partial charge in [0.05, 0.1) is 33.9 Å². The van der Waals surface area contributed by atoms with Crippen molar-refractivity contribution >= 4 is 11.8 Å². The molecule has 1 aliphatic heterocycles. The van der Waals surface area contributed by atoms with Crippen LogP contribution < -0.4 is 19.9 Å². The SMILES string of the molecule is CCOC(=O)C1=C(N)OC2=C(C(=O)CC(C)(C)C2)[C@@H]1c1cc(OC)c(OC)c(OC)c1. The second-order valence-corrected chi connectivity index (χ2v) is 8.27. The minimum absolute atomic E-state index is 0.0681. The zero-order valence-electron chi connectivity index (χ0n) is 18.8. The van der Waals surface area contributed by atoms with Crippen molar-refractivity contribution < 1.29 is 33.3 Å². The van der Waals surface area contributed by atoms with Crippen LogP contribution in [0.2, 0.25) is 0 Å². The van der Waals surface area contributed by atoms with Crippen LogP contribution in [-0.2, 0) is 19.1 Å². The standard InChI is InChI=1S/C23H29NO7/c1-7-30-22(26)19-17(12-8-14(27-4)20(29-6)15(9-12)28-5)18-13(25)10-23(2,3)11-16(18)31-21(19)24/h8-9,17H,7,10-11,24H2,1-6H3/t17-/m0/s1. The monoisotopic (exact) mass is 431 g/mol. The van der Waals surface area contributed by atoms with E-state index in [0.29, 0.717) is 47.0 Å². The molecule has 0 amide bonds. The van der Waals surface area contributed by atoms with Gasteiger partial charge >= 0.3 is 5.97 Å². The number of benzene rings is 1. The van der Waals surface area contributed by atoms with Gasteiger partial charge in [0.2, 0.25) is 11.6 Å². The molecule has 0 saturated carbocycles. The Labute approximate surface area is 181 Å². The zero-order chi connectivity index (χ0) is 22.9. The van der Waals surface area contributed by atoms with E-state index in [1.54, 1.807) is 19.1 Å². The highest BCUT2D eigenvalue weighted by Gasteiger charge is 2.45. The third-order valence-electron chi connectivity index (χ3n) is 5.47. The summed E-state index contributed by atoms with van der Waals surface area (Å²) in [5, 5.41) is 0. The van der Waals surface area contributed by atoms with Gasteiger partial charge in [-0.3, -0.25) is 4.79 Å². The van der Waals surface area contributed by atoms with Gasteiger partial charge in [-0.2, -0.15) is 0 Å². The summed E-state index contributed by atoms with van der Waals surface area (Å²) in [6.45, 7) is 5.84. The number of Topliss-reactive ketones (excluding diaryl/α,β-unsaturated/α-hetero) is 1. The van der Waals surface area contributed by atoms with E-state index in [1.165, 1.54) is 21.3 Å². The van der Waals surface area contributed by atoms with Gasteiger partial charge in [-0.1, -0.05) is 13.8 Å². The maximum absolute atomic E-state index is 13.3. The predicted molar refractivity (Wildman–Crippen MR) is 113 cm³/mol. The number of esters is 1. The first-order chi connectivity index (χ1) is 14.7. The molecule has 31 heavy (non-hydrogen) atoms. The predicted octanol–water partition coefficient (Wildman–Crippen LogP) is 3.20. The molecule has 0 saturated heterocycles. The quantitative estimate of drug-likeness (QED) is 0.685. The number of hydrogen-bond acceptors (Lipinski definition) is 8. The van der Waals surface area contributed by atoms with E-state index in [0.717, 1.165) is 0 Å². The largest absolute Gasteiger partial charge is 0.493 e. The molecule has 168 valence electrons. The Kier molecular flexibility index (Phi) is 6.20. The van der Waals surface area contributed by atoms with E-state index in [1.807, 2.05) is 13.8 Å². The van der Waals surface area contributed by atoms with Gasteiger partial charge in [-0.15, -0.1) is 0 Å². The molecule has 1 atom stereocenters. The number of ketones is 1. The Morgan fingerprint density at radius 3 is 2.26 bits per heavy atom. The normalized spacial score (nSPS) is 20.1. The molecular formula is C23H29NO7. The molecule has 3 rings (SSSR count). The zero-order valence-corrected chi connectivity index (χ0v) is 18.8. The average molecular weight is 431 g/mol. The fourth-order valence-electron chi connectivity index (χ4n) is 4.19. The number of hydrogen-bond donors (Lipinski definition) is 1. The van der Waals surface area contributed by atoms with Gasteiger partial charge in [0, 0.05) is 18.4 Å².